The lowest BCUT2D eigenvalue weighted by Crippen LogP contribution is -2.52. The van der Waals surface area contributed by atoms with Crippen LogP contribution in [0.5, 0.6) is 0 Å². The third-order valence-corrected chi connectivity index (χ3v) is 5.25. The zero-order valence-electron chi connectivity index (χ0n) is 10.6. The summed E-state index contributed by atoms with van der Waals surface area (Å²) in [6, 6.07) is -0.896. The molecule has 6 heteroatoms. The molecule has 0 bridgehead atoms. The fraction of sp³-hybridized carbons (Fsp3) is 0.909. The van der Waals surface area contributed by atoms with E-state index >= 15 is 0 Å². The number of nitrogens with zero attached hydrogens (tertiary/aromatic N) is 1. The van der Waals surface area contributed by atoms with Gasteiger partial charge in [-0.1, -0.05) is 20.8 Å². The molecular weight excluding hydrogens is 242 g/mol. The summed E-state index contributed by atoms with van der Waals surface area (Å²) in [7, 11) is -3.46. The Morgan fingerprint density at radius 3 is 2.53 bits per heavy atom. The standard InChI is InChI=1S/C11H21NO4S/c1-8(2)7-17(15,16)12-6-4-5-9(3)10(12)11(13)14/h8-10H,4-7H2,1-3H3,(H,13,14). The van der Waals surface area contributed by atoms with Crippen LogP contribution in [0.4, 0.5) is 0 Å². The van der Waals surface area contributed by atoms with Gasteiger partial charge < -0.3 is 5.11 Å². The van der Waals surface area contributed by atoms with Crippen molar-refractivity contribution < 1.29 is 18.3 Å². The molecule has 0 saturated carbocycles. The van der Waals surface area contributed by atoms with Crippen LogP contribution in [0.25, 0.3) is 0 Å². The Morgan fingerprint density at radius 1 is 1.47 bits per heavy atom. The highest BCUT2D eigenvalue weighted by molar-refractivity contribution is 7.89. The molecule has 0 radical (unpaired) electrons. The van der Waals surface area contributed by atoms with Crippen LogP contribution in [0.3, 0.4) is 0 Å². The molecule has 100 valence electrons. The highest BCUT2D eigenvalue weighted by atomic mass is 32.2. The van der Waals surface area contributed by atoms with Crippen molar-refractivity contribution in [3.05, 3.63) is 0 Å². The molecular formula is C11H21NO4S. The highest BCUT2D eigenvalue weighted by Crippen LogP contribution is 2.26. The second-order valence-electron chi connectivity index (χ2n) is 5.19. The monoisotopic (exact) mass is 263 g/mol. The smallest absolute Gasteiger partial charge is 0.322 e. The largest absolute Gasteiger partial charge is 0.480 e. The van der Waals surface area contributed by atoms with E-state index in [1.807, 2.05) is 13.8 Å². The average molecular weight is 263 g/mol. The Balaban J connectivity index is 2.97. The van der Waals surface area contributed by atoms with Crippen molar-refractivity contribution in [2.45, 2.75) is 39.7 Å². The molecule has 5 nitrogen and oxygen atoms in total. The summed E-state index contributed by atoms with van der Waals surface area (Å²) in [4.78, 5) is 11.2. The number of hydrogen-bond donors (Lipinski definition) is 1. The van der Waals surface area contributed by atoms with Crippen molar-refractivity contribution in [1.82, 2.24) is 4.31 Å². The van der Waals surface area contributed by atoms with Gasteiger partial charge in [0.05, 0.1) is 5.75 Å². The second kappa shape index (κ2) is 5.35. The first kappa shape index (κ1) is 14.4. The van der Waals surface area contributed by atoms with Gasteiger partial charge in [-0.3, -0.25) is 4.79 Å². The Bertz CT molecular complexity index is 377. The lowest BCUT2D eigenvalue weighted by Gasteiger charge is -2.36. The van der Waals surface area contributed by atoms with Crippen LogP contribution in [0.1, 0.15) is 33.6 Å². The molecule has 0 aromatic rings. The number of aliphatic carboxylic acids is 1. The van der Waals surface area contributed by atoms with Crippen molar-refractivity contribution in [1.29, 1.82) is 0 Å². The molecule has 1 rings (SSSR count). The van der Waals surface area contributed by atoms with Crippen LogP contribution in [-0.2, 0) is 14.8 Å². The molecule has 0 amide bonds. The van der Waals surface area contributed by atoms with E-state index in [0.717, 1.165) is 12.8 Å². The zero-order chi connectivity index (χ0) is 13.2. The molecule has 1 N–H and O–H groups in total. The van der Waals surface area contributed by atoms with Crippen LogP contribution in [0.2, 0.25) is 0 Å². The van der Waals surface area contributed by atoms with Gasteiger partial charge in [-0.05, 0) is 24.7 Å². The van der Waals surface area contributed by atoms with Crippen LogP contribution in [0.15, 0.2) is 0 Å². The van der Waals surface area contributed by atoms with Crippen LogP contribution < -0.4 is 0 Å². The normalized spacial score (nSPS) is 27.3. The van der Waals surface area contributed by atoms with E-state index in [0.29, 0.717) is 6.54 Å². The van der Waals surface area contributed by atoms with Gasteiger partial charge in [0.2, 0.25) is 10.0 Å². The molecule has 1 saturated heterocycles. The molecule has 1 heterocycles. The van der Waals surface area contributed by atoms with Crippen molar-refractivity contribution in [3.8, 4) is 0 Å². The maximum absolute atomic E-state index is 12.1. The quantitative estimate of drug-likeness (QED) is 0.826. The van der Waals surface area contributed by atoms with E-state index in [-0.39, 0.29) is 17.6 Å². The maximum Gasteiger partial charge on any atom is 0.322 e. The predicted molar refractivity (Wildman–Crippen MR) is 65.2 cm³/mol. The fourth-order valence-corrected chi connectivity index (χ4v) is 4.43. The van der Waals surface area contributed by atoms with Gasteiger partial charge in [0.1, 0.15) is 6.04 Å². The summed E-state index contributed by atoms with van der Waals surface area (Å²) in [5, 5.41) is 9.17. The van der Waals surface area contributed by atoms with Gasteiger partial charge in [0, 0.05) is 6.54 Å². The van der Waals surface area contributed by atoms with Crippen molar-refractivity contribution in [3.63, 3.8) is 0 Å². The van der Waals surface area contributed by atoms with E-state index in [4.69, 9.17) is 0 Å². The zero-order valence-corrected chi connectivity index (χ0v) is 11.4. The minimum atomic E-state index is -3.46. The third kappa shape index (κ3) is 3.42. The van der Waals surface area contributed by atoms with E-state index in [1.165, 1.54) is 4.31 Å². The van der Waals surface area contributed by atoms with Gasteiger partial charge in [-0.25, -0.2) is 8.42 Å². The van der Waals surface area contributed by atoms with Gasteiger partial charge in [-0.15, -0.1) is 0 Å². The maximum atomic E-state index is 12.1. The van der Waals surface area contributed by atoms with E-state index in [1.54, 1.807) is 6.92 Å². The second-order valence-corrected chi connectivity index (χ2v) is 7.15. The van der Waals surface area contributed by atoms with Crippen LogP contribution in [-0.4, -0.2) is 42.1 Å². The van der Waals surface area contributed by atoms with Crippen molar-refractivity contribution in [2.24, 2.45) is 11.8 Å². The molecule has 0 aliphatic carbocycles. The van der Waals surface area contributed by atoms with E-state index < -0.39 is 22.0 Å². The summed E-state index contributed by atoms with van der Waals surface area (Å²) in [6.45, 7) is 5.77. The van der Waals surface area contributed by atoms with Crippen molar-refractivity contribution in [2.75, 3.05) is 12.3 Å². The SMILES string of the molecule is CC(C)CS(=O)(=O)N1CCCC(C)C1C(=O)O. The number of hydrogen-bond acceptors (Lipinski definition) is 3. The predicted octanol–water partition coefficient (Wildman–Crippen LogP) is 1.16. The van der Waals surface area contributed by atoms with Gasteiger partial charge in [0.15, 0.2) is 0 Å². The lowest BCUT2D eigenvalue weighted by atomic mass is 9.93. The molecule has 0 spiro atoms. The highest BCUT2D eigenvalue weighted by Gasteiger charge is 2.40. The first-order valence-corrected chi connectivity index (χ1v) is 7.59. The summed E-state index contributed by atoms with van der Waals surface area (Å²) < 4.78 is 25.4. The Hall–Kier alpha value is -0.620. The molecule has 0 aromatic heterocycles. The Kier molecular flexibility index (Phi) is 4.55. The molecule has 0 aromatic carbocycles. The fourth-order valence-electron chi connectivity index (χ4n) is 2.35. The third-order valence-electron chi connectivity index (χ3n) is 3.04. The molecule has 1 fully saturated rings. The van der Waals surface area contributed by atoms with Crippen LogP contribution >= 0.6 is 0 Å². The molecule has 1 aliphatic heterocycles. The topological polar surface area (TPSA) is 74.7 Å². The van der Waals surface area contributed by atoms with Gasteiger partial charge in [-0.2, -0.15) is 4.31 Å². The first-order valence-electron chi connectivity index (χ1n) is 5.98. The molecule has 2 unspecified atom stereocenters. The Morgan fingerprint density at radius 2 is 2.06 bits per heavy atom. The molecule has 2 atom stereocenters. The molecule has 1 aliphatic rings. The average Bonchev–Trinajstić information content (AvgIpc) is 2.14. The Labute approximate surface area is 103 Å². The van der Waals surface area contributed by atoms with Gasteiger partial charge >= 0.3 is 5.97 Å². The summed E-state index contributed by atoms with van der Waals surface area (Å²) in [5.41, 5.74) is 0. The number of carbonyl (C=O) groups is 1. The number of piperidine rings is 1. The number of sulfonamides is 1. The number of carboxylic acid groups (broad SMARTS) is 1. The minimum Gasteiger partial charge on any atom is -0.480 e. The summed E-state index contributed by atoms with van der Waals surface area (Å²) in [6.07, 6.45) is 1.51. The lowest BCUT2D eigenvalue weighted by molar-refractivity contribution is -0.144. The van der Waals surface area contributed by atoms with E-state index in [2.05, 4.69) is 0 Å². The van der Waals surface area contributed by atoms with Crippen molar-refractivity contribution >= 4 is 16.0 Å². The summed E-state index contributed by atoms with van der Waals surface area (Å²) in [5.74, 6) is -1.14. The van der Waals surface area contributed by atoms with Crippen LogP contribution in [0, 0.1) is 11.8 Å². The molecule has 17 heavy (non-hydrogen) atoms. The number of carboxylic acids is 1. The number of rotatable bonds is 4. The minimum absolute atomic E-state index is 0.00618. The van der Waals surface area contributed by atoms with E-state index in [9.17, 15) is 18.3 Å². The van der Waals surface area contributed by atoms with Gasteiger partial charge in [0.25, 0.3) is 0 Å². The first-order chi connectivity index (χ1) is 7.75. The summed E-state index contributed by atoms with van der Waals surface area (Å²) >= 11 is 0.